The van der Waals surface area contributed by atoms with Crippen LogP contribution in [-0.4, -0.2) is 66.5 Å². The van der Waals surface area contributed by atoms with Crippen molar-refractivity contribution in [2.75, 3.05) is 26.4 Å². The molecule has 3 unspecified atom stereocenters. The van der Waals surface area contributed by atoms with Gasteiger partial charge in [-0.2, -0.15) is 0 Å². The van der Waals surface area contributed by atoms with Gasteiger partial charge in [0.05, 0.1) is 19.8 Å². The predicted octanol–water partition coefficient (Wildman–Crippen LogP) is 14.8. The van der Waals surface area contributed by atoms with E-state index in [9.17, 15) is 28.9 Å². The average Bonchev–Trinajstić information content (AvgIpc) is 3.35. The number of allylic oxidation sites excluding steroid dienone is 24. The fourth-order valence-electron chi connectivity index (χ4n) is 5.94. The highest BCUT2D eigenvalue weighted by Crippen LogP contribution is 2.43. The zero-order valence-electron chi connectivity index (χ0n) is 42.9. The maximum Gasteiger partial charge on any atom is 0.472 e. The molecule has 0 aliphatic heterocycles. The summed E-state index contributed by atoms with van der Waals surface area (Å²) in [6.45, 7) is 4.06. The Balaban J connectivity index is 4.94. The number of aliphatic hydroxyl groups excluding tert-OH is 1. The molecule has 0 aromatic rings. The number of carbonyl (C=O) groups excluding carboxylic acids is 3. The highest BCUT2D eigenvalue weighted by molar-refractivity contribution is 7.47. The summed E-state index contributed by atoms with van der Waals surface area (Å²) in [5.74, 6) is -1.68. The van der Waals surface area contributed by atoms with Crippen molar-refractivity contribution in [3.8, 4) is 0 Å². The van der Waals surface area contributed by atoms with E-state index >= 15 is 0 Å². The van der Waals surface area contributed by atoms with E-state index in [1.165, 1.54) is 0 Å². The monoisotopic (exact) mass is 993 g/mol. The molecule has 12 heteroatoms. The molecule has 392 valence electrons. The van der Waals surface area contributed by atoms with Crippen molar-refractivity contribution in [1.82, 2.24) is 0 Å². The van der Waals surface area contributed by atoms with Gasteiger partial charge in [-0.25, -0.2) is 4.57 Å². The summed E-state index contributed by atoms with van der Waals surface area (Å²) in [6, 6.07) is 0. The molecule has 3 atom stereocenters. The van der Waals surface area contributed by atoms with E-state index in [4.69, 9.17) is 23.3 Å². The van der Waals surface area contributed by atoms with E-state index in [0.717, 1.165) is 103 Å². The normalized spacial score (nSPS) is 14.6. The Morgan fingerprint density at radius 2 is 0.714 bits per heavy atom. The van der Waals surface area contributed by atoms with Crippen LogP contribution in [0, 0.1) is 0 Å². The Hall–Kier alpha value is -4.64. The van der Waals surface area contributed by atoms with Crippen molar-refractivity contribution in [1.29, 1.82) is 0 Å². The van der Waals surface area contributed by atoms with E-state index < -0.39 is 64.4 Å². The summed E-state index contributed by atoms with van der Waals surface area (Å²) in [6.07, 6.45) is 64.2. The number of ether oxygens (including phenoxy) is 3. The van der Waals surface area contributed by atoms with Crippen LogP contribution in [0.4, 0.5) is 0 Å². The standard InChI is InChI=1S/C58H89O11P/c1-4-7-10-13-16-19-22-25-27-30-33-36-39-42-45-48-57(61)68-54(50-59)52-66-70(63,64)67-53-55(51-65-56(60)47-44-41-38-35-32-29-24-21-18-15-12-9-6-3)69-58(62)49-46-43-40-37-34-31-28-26-23-20-17-14-11-8-5-2/h7-12,16-21,25-29,32-34,36-38,41,54-55,59H,4-6,13-15,22-24,30-31,35,39-40,42-53H2,1-3H3,(H,63,64)/b10-7-,11-8-,12-9-,19-16-,20-17-,21-18-,27-25-,28-26-,32-29-,36-33-,37-34-,41-38-. The fraction of sp³-hybridized carbons (Fsp3) is 0.534. The largest absolute Gasteiger partial charge is 0.472 e. The van der Waals surface area contributed by atoms with Gasteiger partial charge in [-0.1, -0.05) is 167 Å². The van der Waals surface area contributed by atoms with Gasteiger partial charge in [0.1, 0.15) is 12.7 Å². The SMILES string of the molecule is CC/C=C\C/C=C\C/C=C\C/C=C\CCCCC(=O)OC(CO)COP(=O)(O)OCC(COC(=O)CC/C=C\C/C=C\C/C=C\C/C=C\CC)OC(=O)CCCC/C=C\C/C=C\C/C=C\C/C=C\CC. The van der Waals surface area contributed by atoms with Gasteiger partial charge in [0, 0.05) is 19.3 Å². The van der Waals surface area contributed by atoms with Gasteiger partial charge < -0.3 is 24.2 Å². The second-order valence-electron chi connectivity index (χ2n) is 16.2. The van der Waals surface area contributed by atoms with Crippen LogP contribution < -0.4 is 0 Å². The Morgan fingerprint density at radius 1 is 0.400 bits per heavy atom. The van der Waals surface area contributed by atoms with E-state index in [1.807, 2.05) is 12.2 Å². The maximum atomic E-state index is 12.8. The van der Waals surface area contributed by atoms with E-state index in [2.05, 4.69) is 154 Å². The third-order valence-corrected chi connectivity index (χ3v) is 10.7. The number of phosphoric ester groups is 1. The minimum atomic E-state index is -4.79. The molecular formula is C58H89O11P. The Bertz CT molecular complexity index is 1730. The first kappa shape index (κ1) is 65.4. The van der Waals surface area contributed by atoms with Crippen molar-refractivity contribution in [2.24, 2.45) is 0 Å². The average molecular weight is 993 g/mol. The number of hydrogen-bond donors (Lipinski definition) is 2. The zero-order valence-corrected chi connectivity index (χ0v) is 43.8. The molecule has 0 bridgehead atoms. The lowest BCUT2D eigenvalue weighted by Gasteiger charge is -2.21. The summed E-state index contributed by atoms with van der Waals surface area (Å²) in [5.41, 5.74) is 0. The van der Waals surface area contributed by atoms with Crippen molar-refractivity contribution >= 4 is 25.7 Å². The quantitative estimate of drug-likeness (QED) is 0.0197. The molecule has 0 radical (unpaired) electrons. The molecule has 0 rings (SSSR count). The molecule has 0 aromatic carbocycles. The predicted molar refractivity (Wildman–Crippen MR) is 288 cm³/mol. The molecule has 0 saturated heterocycles. The first-order chi connectivity index (χ1) is 34.2. The van der Waals surface area contributed by atoms with Crippen LogP contribution in [0.5, 0.6) is 0 Å². The Morgan fingerprint density at radius 3 is 1.07 bits per heavy atom. The molecule has 0 amide bonds. The number of aliphatic hydroxyl groups is 1. The summed E-state index contributed by atoms with van der Waals surface area (Å²) < 4.78 is 39.2. The van der Waals surface area contributed by atoms with Crippen molar-refractivity contribution in [2.45, 2.75) is 174 Å². The molecule has 0 aliphatic rings. The van der Waals surface area contributed by atoms with E-state index in [1.54, 1.807) is 0 Å². The van der Waals surface area contributed by atoms with Gasteiger partial charge in [0.25, 0.3) is 0 Å². The second kappa shape index (κ2) is 50.7. The van der Waals surface area contributed by atoms with Gasteiger partial charge in [-0.05, 0) is 122 Å². The highest BCUT2D eigenvalue weighted by Gasteiger charge is 2.28. The molecule has 0 fully saturated rings. The van der Waals surface area contributed by atoms with Crippen molar-refractivity contribution in [3.05, 3.63) is 146 Å². The van der Waals surface area contributed by atoms with Crippen LogP contribution >= 0.6 is 7.82 Å². The lowest BCUT2D eigenvalue weighted by atomic mass is 10.2. The Labute approximate surface area is 422 Å². The second-order valence-corrected chi connectivity index (χ2v) is 17.6. The molecule has 0 heterocycles. The lowest BCUT2D eigenvalue weighted by Crippen LogP contribution is -2.30. The number of rotatable bonds is 45. The number of carbonyl (C=O) groups is 3. The van der Waals surface area contributed by atoms with Crippen LogP contribution in [-0.2, 0) is 42.2 Å². The smallest absolute Gasteiger partial charge is 0.462 e. The molecule has 11 nitrogen and oxygen atoms in total. The minimum Gasteiger partial charge on any atom is -0.462 e. The van der Waals surface area contributed by atoms with Crippen LogP contribution in [0.15, 0.2) is 146 Å². The van der Waals surface area contributed by atoms with Gasteiger partial charge in [-0.3, -0.25) is 23.4 Å². The van der Waals surface area contributed by atoms with Gasteiger partial charge in [0.2, 0.25) is 0 Å². The first-order valence-corrected chi connectivity index (χ1v) is 27.2. The van der Waals surface area contributed by atoms with E-state index in [0.29, 0.717) is 19.3 Å². The van der Waals surface area contributed by atoms with Crippen LogP contribution in [0.2, 0.25) is 0 Å². The number of phosphoric acid groups is 1. The van der Waals surface area contributed by atoms with Crippen molar-refractivity contribution < 1.29 is 52.2 Å². The first-order valence-electron chi connectivity index (χ1n) is 25.7. The van der Waals surface area contributed by atoms with Crippen LogP contribution in [0.3, 0.4) is 0 Å². The summed E-state index contributed by atoms with van der Waals surface area (Å²) in [5, 5.41) is 9.77. The number of unbranched alkanes of at least 4 members (excludes halogenated alkanes) is 4. The highest BCUT2D eigenvalue weighted by atomic mass is 31.2. The van der Waals surface area contributed by atoms with Gasteiger partial charge in [0.15, 0.2) is 6.10 Å². The van der Waals surface area contributed by atoms with Gasteiger partial charge >= 0.3 is 25.7 Å². The maximum absolute atomic E-state index is 12.8. The van der Waals surface area contributed by atoms with E-state index in [-0.39, 0.29) is 19.3 Å². The molecule has 0 saturated carbocycles. The number of hydrogen-bond acceptors (Lipinski definition) is 10. The molecule has 2 N–H and O–H groups in total. The third kappa shape index (κ3) is 48.4. The molecule has 0 aliphatic carbocycles. The van der Waals surface area contributed by atoms with Crippen molar-refractivity contribution in [3.63, 3.8) is 0 Å². The lowest BCUT2D eigenvalue weighted by molar-refractivity contribution is -0.161. The number of esters is 3. The van der Waals surface area contributed by atoms with Crippen LogP contribution in [0.25, 0.3) is 0 Å². The molecule has 0 aromatic heterocycles. The fourth-order valence-corrected chi connectivity index (χ4v) is 6.72. The van der Waals surface area contributed by atoms with Crippen LogP contribution in [0.1, 0.15) is 162 Å². The minimum absolute atomic E-state index is 0.0845. The molecular weight excluding hydrogens is 904 g/mol. The zero-order chi connectivity index (χ0) is 51.3. The summed E-state index contributed by atoms with van der Waals surface area (Å²) >= 11 is 0. The summed E-state index contributed by atoms with van der Waals surface area (Å²) in [7, 11) is -4.79. The molecule has 0 spiro atoms. The summed E-state index contributed by atoms with van der Waals surface area (Å²) in [4.78, 5) is 48.3. The van der Waals surface area contributed by atoms with Gasteiger partial charge in [-0.15, -0.1) is 0 Å². The Kier molecular flexibility index (Phi) is 47.4. The molecule has 70 heavy (non-hydrogen) atoms. The topological polar surface area (TPSA) is 155 Å². The third-order valence-electron chi connectivity index (χ3n) is 9.75.